The average Bonchev–Trinajstić information content (AvgIpc) is 2.88. The lowest BCUT2D eigenvalue weighted by atomic mass is 10.1. The first kappa shape index (κ1) is 23.4. The van der Waals surface area contributed by atoms with Crippen LogP contribution in [0.25, 0.3) is 0 Å². The highest BCUT2D eigenvalue weighted by molar-refractivity contribution is 7.92. The number of para-hydroxylation sites is 1. The molecule has 1 aliphatic rings. The molecule has 1 aliphatic heterocycles. The highest BCUT2D eigenvalue weighted by Gasteiger charge is 2.27. The normalized spacial score (nSPS) is 14.1. The predicted molar refractivity (Wildman–Crippen MR) is 127 cm³/mol. The largest absolute Gasteiger partial charge is 0.335 e. The van der Waals surface area contributed by atoms with Crippen LogP contribution < -0.4 is 4.31 Å². The molecule has 0 spiro atoms. The van der Waals surface area contributed by atoms with Gasteiger partial charge in [0, 0.05) is 44.4 Å². The second-order valence-electron chi connectivity index (χ2n) is 7.93. The maximum atomic E-state index is 13.4. The molecule has 34 heavy (non-hydrogen) atoms. The lowest BCUT2D eigenvalue weighted by Crippen LogP contribution is -2.50. The Labute approximate surface area is 198 Å². The minimum atomic E-state index is -3.77. The smallest absolute Gasteiger partial charge is 0.264 e. The molecule has 9 heteroatoms. The van der Waals surface area contributed by atoms with Gasteiger partial charge < -0.3 is 9.80 Å². The second-order valence-corrected chi connectivity index (χ2v) is 9.90. The Morgan fingerprint density at radius 2 is 1.32 bits per heavy atom. The van der Waals surface area contributed by atoms with Crippen molar-refractivity contribution in [2.24, 2.45) is 0 Å². The molecule has 0 radical (unpaired) electrons. The van der Waals surface area contributed by atoms with Crippen LogP contribution in [-0.2, 0) is 10.0 Å². The Bertz CT molecular complexity index is 1290. The number of carbonyl (C=O) groups is 2. The summed E-state index contributed by atoms with van der Waals surface area (Å²) in [6.45, 7) is 1.32. The van der Waals surface area contributed by atoms with Crippen LogP contribution in [0.5, 0.6) is 0 Å². The first-order chi connectivity index (χ1) is 16.3. The van der Waals surface area contributed by atoms with E-state index in [2.05, 4.69) is 0 Å². The Kier molecular flexibility index (Phi) is 6.65. The summed E-state index contributed by atoms with van der Waals surface area (Å²) in [5.74, 6) is -0.984. The summed E-state index contributed by atoms with van der Waals surface area (Å²) >= 11 is 0. The van der Waals surface area contributed by atoms with Crippen LogP contribution in [0.3, 0.4) is 0 Å². The van der Waals surface area contributed by atoms with E-state index in [1.807, 2.05) is 6.07 Å². The van der Waals surface area contributed by atoms with E-state index in [9.17, 15) is 22.4 Å². The summed E-state index contributed by atoms with van der Waals surface area (Å²) < 4.78 is 40.5. The summed E-state index contributed by atoms with van der Waals surface area (Å²) in [5, 5.41) is 0. The molecule has 1 heterocycles. The Morgan fingerprint density at radius 1 is 0.765 bits per heavy atom. The topological polar surface area (TPSA) is 78.0 Å². The molecule has 0 aromatic heterocycles. The molecule has 2 amide bonds. The highest BCUT2D eigenvalue weighted by Crippen LogP contribution is 2.22. The number of hydrogen-bond acceptors (Lipinski definition) is 4. The molecule has 0 unspecified atom stereocenters. The van der Waals surface area contributed by atoms with Crippen LogP contribution in [-0.4, -0.2) is 63.3 Å². The van der Waals surface area contributed by atoms with Gasteiger partial charge >= 0.3 is 0 Å². The van der Waals surface area contributed by atoms with Gasteiger partial charge in [0.2, 0.25) is 0 Å². The first-order valence-corrected chi connectivity index (χ1v) is 12.2. The molecule has 176 valence electrons. The predicted octanol–water partition coefficient (Wildman–Crippen LogP) is 3.25. The minimum absolute atomic E-state index is 0.0842. The standard InChI is InChI=1S/C25H24FN3O4S/c1-27(22-8-3-2-4-9-22)34(32,33)23-12-10-19(11-13-23)24(30)28-14-16-29(17-15-28)25(31)20-6-5-7-21(26)18-20/h2-13,18H,14-17H2,1H3. The van der Waals surface area contributed by atoms with Gasteiger partial charge in [-0.15, -0.1) is 0 Å². The molecule has 3 aromatic rings. The van der Waals surface area contributed by atoms with Gasteiger partial charge in [-0.1, -0.05) is 24.3 Å². The van der Waals surface area contributed by atoms with E-state index in [1.165, 1.54) is 53.8 Å². The molecule has 3 aromatic carbocycles. The number of amides is 2. The maximum absolute atomic E-state index is 13.4. The van der Waals surface area contributed by atoms with Crippen LogP contribution in [0, 0.1) is 5.82 Å². The second kappa shape index (κ2) is 9.64. The van der Waals surface area contributed by atoms with Gasteiger partial charge in [-0.3, -0.25) is 13.9 Å². The van der Waals surface area contributed by atoms with Gasteiger partial charge in [0.15, 0.2) is 0 Å². The summed E-state index contributed by atoms with van der Waals surface area (Å²) in [6, 6.07) is 20.1. The molecular weight excluding hydrogens is 457 g/mol. The van der Waals surface area contributed by atoms with Crippen molar-refractivity contribution in [1.82, 2.24) is 9.80 Å². The fourth-order valence-corrected chi connectivity index (χ4v) is 5.00. The van der Waals surface area contributed by atoms with E-state index in [0.29, 0.717) is 37.4 Å². The van der Waals surface area contributed by atoms with Crippen molar-refractivity contribution in [3.05, 3.63) is 95.8 Å². The number of hydrogen-bond donors (Lipinski definition) is 0. The molecule has 0 saturated carbocycles. The van der Waals surface area contributed by atoms with E-state index >= 15 is 0 Å². The quantitative estimate of drug-likeness (QED) is 0.561. The van der Waals surface area contributed by atoms with Gasteiger partial charge in [0.25, 0.3) is 21.8 Å². The average molecular weight is 482 g/mol. The Hall–Kier alpha value is -3.72. The van der Waals surface area contributed by atoms with Gasteiger partial charge in [-0.2, -0.15) is 0 Å². The number of sulfonamides is 1. The SMILES string of the molecule is CN(c1ccccc1)S(=O)(=O)c1ccc(C(=O)N2CCN(C(=O)c3cccc(F)c3)CC2)cc1. The zero-order valence-corrected chi connectivity index (χ0v) is 19.4. The Balaban J connectivity index is 1.40. The summed E-state index contributed by atoms with van der Waals surface area (Å²) in [6.07, 6.45) is 0. The Morgan fingerprint density at radius 3 is 1.88 bits per heavy atom. The van der Waals surface area contributed by atoms with Crippen LogP contribution >= 0.6 is 0 Å². The summed E-state index contributed by atoms with van der Waals surface area (Å²) in [4.78, 5) is 28.8. The van der Waals surface area contributed by atoms with Crippen molar-refractivity contribution in [2.45, 2.75) is 4.90 Å². The third-order valence-corrected chi connectivity index (χ3v) is 7.60. The van der Waals surface area contributed by atoms with Crippen LogP contribution in [0.15, 0.2) is 83.8 Å². The van der Waals surface area contributed by atoms with Gasteiger partial charge in [0.1, 0.15) is 5.82 Å². The minimum Gasteiger partial charge on any atom is -0.335 e. The van der Waals surface area contributed by atoms with Gasteiger partial charge in [0.05, 0.1) is 10.6 Å². The number of nitrogens with zero attached hydrogens (tertiary/aromatic N) is 3. The van der Waals surface area contributed by atoms with Crippen LogP contribution in [0.4, 0.5) is 10.1 Å². The molecule has 7 nitrogen and oxygen atoms in total. The number of halogens is 1. The van der Waals surface area contributed by atoms with E-state index < -0.39 is 15.8 Å². The fourth-order valence-electron chi connectivity index (χ4n) is 3.80. The lowest BCUT2D eigenvalue weighted by molar-refractivity contribution is 0.0535. The van der Waals surface area contributed by atoms with Crippen molar-refractivity contribution >= 4 is 27.5 Å². The number of rotatable bonds is 5. The third kappa shape index (κ3) is 4.79. The molecule has 0 atom stereocenters. The zero-order chi connectivity index (χ0) is 24.3. The first-order valence-electron chi connectivity index (χ1n) is 10.8. The molecule has 4 rings (SSSR count). The molecule has 0 aliphatic carbocycles. The number of piperazine rings is 1. The molecular formula is C25H24FN3O4S. The van der Waals surface area contributed by atoms with Crippen LogP contribution in [0.2, 0.25) is 0 Å². The number of benzene rings is 3. The zero-order valence-electron chi connectivity index (χ0n) is 18.6. The van der Waals surface area contributed by atoms with Crippen molar-refractivity contribution < 1.29 is 22.4 Å². The van der Waals surface area contributed by atoms with E-state index in [0.717, 1.165) is 0 Å². The molecule has 0 N–H and O–H groups in total. The van der Waals surface area contributed by atoms with Gasteiger partial charge in [-0.05, 0) is 54.6 Å². The molecule has 1 saturated heterocycles. The van der Waals surface area contributed by atoms with E-state index in [-0.39, 0.29) is 22.3 Å². The fraction of sp³-hybridized carbons (Fsp3) is 0.200. The van der Waals surface area contributed by atoms with E-state index in [1.54, 1.807) is 40.1 Å². The molecule has 1 fully saturated rings. The lowest BCUT2D eigenvalue weighted by Gasteiger charge is -2.35. The number of anilines is 1. The summed E-state index contributed by atoms with van der Waals surface area (Å²) in [5.41, 5.74) is 1.18. The van der Waals surface area contributed by atoms with Crippen molar-refractivity contribution in [3.8, 4) is 0 Å². The highest BCUT2D eigenvalue weighted by atomic mass is 32.2. The van der Waals surface area contributed by atoms with Crippen molar-refractivity contribution in [1.29, 1.82) is 0 Å². The molecule has 0 bridgehead atoms. The maximum Gasteiger partial charge on any atom is 0.264 e. The van der Waals surface area contributed by atoms with E-state index in [4.69, 9.17) is 0 Å². The summed E-state index contributed by atoms with van der Waals surface area (Å²) in [7, 11) is -2.29. The van der Waals surface area contributed by atoms with Gasteiger partial charge in [-0.25, -0.2) is 12.8 Å². The monoisotopic (exact) mass is 481 g/mol. The van der Waals surface area contributed by atoms with Crippen LogP contribution in [0.1, 0.15) is 20.7 Å². The number of carbonyl (C=O) groups excluding carboxylic acids is 2. The third-order valence-electron chi connectivity index (χ3n) is 5.81. The van der Waals surface area contributed by atoms with Crippen molar-refractivity contribution in [3.63, 3.8) is 0 Å². The van der Waals surface area contributed by atoms with Crippen molar-refractivity contribution in [2.75, 3.05) is 37.5 Å².